The lowest BCUT2D eigenvalue weighted by Crippen LogP contribution is -2.02. The van der Waals surface area contributed by atoms with Crippen LogP contribution in [0.3, 0.4) is 0 Å². The SMILES string of the molecule is Cc1nn(-c2ccccc2Cl)c(N)c1C#N. The molecule has 0 saturated heterocycles. The number of anilines is 1. The second kappa shape index (κ2) is 3.87. The highest BCUT2D eigenvalue weighted by Gasteiger charge is 2.14. The van der Waals surface area contributed by atoms with Gasteiger partial charge < -0.3 is 5.73 Å². The number of nitrogen functional groups attached to an aromatic ring is 1. The van der Waals surface area contributed by atoms with Crippen molar-refractivity contribution in [2.45, 2.75) is 6.92 Å². The molecular weight excluding hydrogens is 224 g/mol. The van der Waals surface area contributed by atoms with Gasteiger partial charge in [0.2, 0.25) is 0 Å². The Hall–Kier alpha value is -1.99. The lowest BCUT2D eigenvalue weighted by Gasteiger charge is -2.05. The second-order valence-corrected chi connectivity index (χ2v) is 3.73. The molecule has 0 spiro atoms. The van der Waals surface area contributed by atoms with E-state index in [-0.39, 0.29) is 0 Å². The number of nitrogens with zero attached hydrogens (tertiary/aromatic N) is 3. The zero-order chi connectivity index (χ0) is 11.7. The molecule has 0 amide bonds. The third kappa shape index (κ3) is 1.51. The maximum absolute atomic E-state index is 8.91. The number of aryl methyl sites for hydroxylation is 1. The largest absolute Gasteiger partial charge is 0.382 e. The van der Waals surface area contributed by atoms with Gasteiger partial charge in [-0.3, -0.25) is 0 Å². The molecule has 0 aliphatic heterocycles. The van der Waals surface area contributed by atoms with Crippen molar-refractivity contribution in [1.29, 1.82) is 5.26 Å². The fourth-order valence-corrected chi connectivity index (χ4v) is 1.71. The van der Waals surface area contributed by atoms with Crippen molar-refractivity contribution < 1.29 is 0 Å². The molecule has 0 aliphatic rings. The summed E-state index contributed by atoms with van der Waals surface area (Å²) in [6.07, 6.45) is 0. The zero-order valence-corrected chi connectivity index (χ0v) is 9.36. The minimum Gasteiger partial charge on any atom is -0.382 e. The average molecular weight is 233 g/mol. The normalized spacial score (nSPS) is 10.1. The number of rotatable bonds is 1. The van der Waals surface area contributed by atoms with E-state index in [2.05, 4.69) is 5.10 Å². The first-order valence-corrected chi connectivity index (χ1v) is 5.03. The van der Waals surface area contributed by atoms with Gasteiger partial charge in [0.05, 0.1) is 16.4 Å². The van der Waals surface area contributed by atoms with E-state index in [0.29, 0.717) is 27.8 Å². The third-order valence-electron chi connectivity index (χ3n) is 2.29. The van der Waals surface area contributed by atoms with E-state index < -0.39 is 0 Å². The van der Waals surface area contributed by atoms with E-state index in [0.717, 1.165) is 0 Å². The average Bonchev–Trinajstić information content (AvgIpc) is 2.55. The van der Waals surface area contributed by atoms with Crippen LogP contribution in [-0.4, -0.2) is 9.78 Å². The molecule has 0 saturated carbocycles. The topological polar surface area (TPSA) is 67.6 Å². The monoisotopic (exact) mass is 232 g/mol. The predicted octanol–water partition coefficient (Wildman–Crippen LogP) is 2.29. The van der Waals surface area contributed by atoms with Crippen molar-refractivity contribution in [2.75, 3.05) is 5.73 Å². The Morgan fingerprint density at radius 3 is 2.69 bits per heavy atom. The minimum atomic E-state index is 0.313. The molecule has 2 rings (SSSR count). The molecule has 0 aliphatic carbocycles. The van der Waals surface area contributed by atoms with Gasteiger partial charge in [-0.2, -0.15) is 10.4 Å². The summed E-state index contributed by atoms with van der Waals surface area (Å²) in [5.41, 5.74) is 7.49. The number of benzene rings is 1. The fraction of sp³-hybridized carbons (Fsp3) is 0.0909. The molecule has 2 aromatic rings. The molecule has 0 atom stereocenters. The summed E-state index contributed by atoms with van der Waals surface area (Å²) in [5, 5.41) is 13.7. The molecule has 1 aromatic heterocycles. The number of hydrogen-bond donors (Lipinski definition) is 1. The van der Waals surface area contributed by atoms with Crippen molar-refractivity contribution in [3.8, 4) is 11.8 Å². The number of nitriles is 1. The van der Waals surface area contributed by atoms with Gasteiger partial charge in [-0.15, -0.1) is 0 Å². The lowest BCUT2D eigenvalue weighted by atomic mass is 10.2. The first-order valence-electron chi connectivity index (χ1n) is 4.65. The quantitative estimate of drug-likeness (QED) is 0.820. The summed E-state index contributed by atoms with van der Waals surface area (Å²) >= 11 is 6.04. The van der Waals surface area contributed by atoms with Gasteiger partial charge in [0, 0.05) is 0 Å². The van der Waals surface area contributed by atoms with E-state index in [1.54, 1.807) is 19.1 Å². The third-order valence-corrected chi connectivity index (χ3v) is 2.61. The fourth-order valence-electron chi connectivity index (χ4n) is 1.49. The molecule has 1 aromatic carbocycles. The first-order chi connectivity index (χ1) is 7.65. The number of halogens is 1. The molecular formula is C11H9ClN4. The Bertz CT molecular complexity index is 580. The van der Waals surface area contributed by atoms with Crippen LogP contribution in [0.2, 0.25) is 5.02 Å². The Labute approximate surface area is 97.9 Å². The van der Waals surface area contributed by atoms with E-state index in [9.17, 15) is 0 Å². The zero-order valence-electron chi connectivity index (χ0n) is 8.61. The highest BCUT2D eigenvalue weighted by Crippen LogP contribution is 2.24. The summed E-state index contributed by atoms with van der Waals surface area (Å²) in [7, 11) is 0. The maximum atomic E-state index is 8.91. The minimum absolute atomic E-state index is 0.313. The van der Waals surface area contributed by atoms with Crippen molar-refractivity contribution >= 4 is 17.4 Å². The Morgan fingerprint density at radius 1 is 1.44 bits per heavy atom. The van der Waals surface area contributed by atoms with E-state index in [1.165, 1.54) is 4.68 Å². The molecule has 0 bridgehead atoms. The molecule has 0 fully saturated rings. The Kier molecular flexibility index (Phi) is 2.55. The molecule has 16 heavy (non-hydrogen) atoms. The molecule has 2 N–H and O–H groups in total. The van der Waals surface area contributed by atoms with Crippen molar-refractivity contribution in [1.82, 2.24) is 9.78 Å². The van der Waals surface area contributed by atoms with Crippen LogP contribution < -0.4 is 5.73 Å². The number of aromatic nitrogens is 2. The smallest absolute Gasteiger partial charge is 0.145 e. The van der Waals surface area contributed by atoms with Gasteiger partial charge in [0.15, 0.2) is 0 Å². The van der Waals surface area contributed by atoms with Crippen LogP contribution in [0.15, 0.2) is 24.3 Å². The first kappa shape index (κ1) is 10.5. The summed E-state index contributed by atoms with van der Waals surface area (Å²) < 4.78 is 1.48. The van der Waals surface area contributed by atoms with Crippen LogP contribution >= 0.6 is 11.6 Å². The Balaban J connectivity index is 2.68. The number of nitrogens with two attached hydrogens (primary N) is 1. The molecule has 0 unspecified atom stereocenters. The Morgan fingerprint density at radius 2 is 2.12 bits per heavy atom. The van der Waals surface area contributed by atoms with Gasteiger partial charge in [0.1, 0.15) is 17.5 Å². The van der Waals surface area contributed by atoms with E-state index in [4.69, 9.17) is 22.6 Å². The summed E-state index contributed by atoms with van der Waals surface area (Å²) in [5.74, 6) is 0.313. The van der Waals surface area contributed by atoms with E-state index >= 15 is 0 Å². The second-order valence-electron chi connectivity index (χ2n) is 3.32. The van der Waals surface area contributed by atoms with Crippen LogP contribution in [0.1, 0.15) is 11.3 Å². The van der Waals surface area contributed by atoms with Crippen molar-refractivity contribution in [2.24, 2.45) is 0 Å². The van der Waals surface area contributed by atoms with Crippen LogP contribution in [0.4, 0.5) is 5.82 Å². The van der Waals surface area contributed by atoms with E-state index in [1.807, 2.05) is 18.2 Å². The number of para-hydroxylation sites is 1. The molecule has 5 heteroatoms. The molecule has 0 radical (unpaired) electrons. The molecule has 1 heterocycles. The van der Waals surface area contributed by atoms with Gasteiger partial charge >= 0.3 is 0 Å². The van der Waals surface area contributed by atoms with Crippen molar-refractivity contribution in [3.63, 3.8) is 0 Å². The molecule has 80 valence electrons. The molecule has 4 nitrogen and oxygen atoms in total. The van der Waals surface area contributed by atoms with Gasteiger partial charge in [-0.1, -0.05) is 23.7 Å². The summed E-state index contributed by atoms with van der Waals surface area (Å²) in [4.78, 5) is 0. The lowest BCUT2D eigenvalue weighted by molar-refractivity contribution is 0.872. The van der Waals surface area contributed by atoms with Crippen LogP contribution in [0.5, 0.6) is 0 Å². The highest BCUT2D eigenvalue weighted by molar-refractivity contribution is 6.32. The van der Waals surface area contributed by atoms with Gasteiger partial charge in [-0.05, 0) is 19.1 Å². The predicted molar refractivity (Wildman–Crippen MR) is 62.4 cm³/mol. The number of hydrogen-bond acceptors (Lipinski definition) is 3. The maximum Gasteiger partial charge on any atom is 0.145 e. The van der Waals surface area contributed by atoms with Crippen LogP contribution in [0, 0.1) is 18.3 Å². The summed E-state index contributed by atoms with van der Waals surface area (Å²) in [6, 6.07) is 9.23. The van der Waals surface area contributed by atoms with Crippen LogP contribution in [-0.2, 0) is 0 Å². The van der Waals surface area contributed by atoms with Gasteiger partial charge in [-0.25, -0.2) is 4.68 Å². The van der Waals surface area contributed by atoms with Gasteiger partial charge in [0.25, 0.3) is 0 Å². The summed E-state index contributed by atoms with van der Waals surface area (Å²) in [6.45, 7) is 1.74. The standard InChI is InChI=1S/C11H9ClN4/c1-7-8(6-13)11(14)16(15-7)10-5-3-2-4-9(10)12/h2-5H,14H2,1H3. The highest BCUT2D eigenvalue weighted by atomic mass is 35.5. The van der Waals surface area contributed by atoms with Crippen molar-refractivity contribution in [3.05, 3.63) is 40.5 Å². The van der Waals surface area contributed by atoms with Crippen LogP contribution in [0.25, 0.3) is 5.69 Å².